The van der Waals surface area contributed by atoms with Crippen LogP contribution in [-0.2, 0) is 0 Å². The van der Waals surface area contributed by atoms with E-state index in [1.807, 2.05) is 0 Å². The average Bonchev–Trinajstić information content (AvgIpc) is 2.81. The van der Waals surface area contributed by atoms with Gasteiger partial charge in [0.15, 0.2) is 0 Å². The molecule has 96 valence electrons. The summed E-state index contributed by atoms with van der Waals surface area (Å²) < 4.78 is 0. The predicted molar refractivity (Wildman–Crippen MR) is 71.6 cm³/mol. The summed E-state index contributed by atoms with van der Waals surface area (Å²) in [4.78, 5) is 0. The Balaban J connectivity index is 2.53. The van der Waals surface area contributed by atoms with E-state index >= 15 is 0 Å². The van der Waals surface area contributed by atoms with Gasteiger partial charge in [0.1, 0.15) is 0 Å². The summed E-state index contributed by atoms with van der Waals surface area (Å²) in [6.07, 6.45) is 9.06. The molecule has 2 heteroatoms. The van der Waals surface area contributed by atoms with Crippen LogP contribution in [0.1, 0.15) is 65.7 Å². The molecule has 0 unspecified atom stereocenters. The third kappa shape index (κ3) is 2.98. The summed E-state index contributed by atoms with van der Waals surface area (Å²) in [7, 11) is 0. The van der Waals surface area contributed by atoms with E-state index in [0.717, 1.165) is 13.1 Å². The molecule has 0 aromatic rings. The molecule has 0 spiro atoms. The van der Waals surface area contributed by atoms with Crippen molar-refractivity contribution in [2.45, 2.75) is 71.3 Å². The molecule has 1 rings (SSSR count). The predicted octanol–water partition coefficient (Wildman–Crippen LogP) is 3.06. The average molecular weight is 226 g/mol. The minimum absolute atomic E-state index is 0.352. The Morgan fingerprint density at radius 3 is 1.94 bits per heavy atom. The Labute approximate surface area is 101 Å². The van der Waals surface area contributed by atoms with Gasteiger partial charge in [-0.15, -0.1) is 0 Å². The molecule has 16 heavy (non-hydrogen) atoms. The number of rotatable bonds is 7. The van der Waals surface area contributed by atoms with Gasteiger partial charge in [-0.05, 0) is 44.1 Å². The van der Waals surface area contributed by atoms with E-state index in [0.29, 0.717) is 11.0 Å². The van der Waals surface area contributed by atoms with Crippen molar-refractivity contribution in [1.82, 2.24) is 5.32 Å². The fourth-order valence-electron chi connectivity index (χ4n) is 3.08. The topological polar surface area (TPSA) is 38.0 Å². The normalized spacial score (nSPS) is 20.2. The van der Waals surface area contributed by atoms with E-state index in [4.69, 9.17) is 5.73 Å². The van der Waals surface area contributed by atoms with Gasteiger partial charge in [0.05, 0.1) is 0 Å². The third-order valence-electron chi connectivity index (χ3n) is 4.97. The summed E-state index contributed by atoms with van der Waals surface area (Å²) in [5.41, 5.74) is 6.74. The van der Waals surface area contributed by atoms with E-state index in [1.165, 1.54) is 44.9 Å². The first-order valence-electron chi connectivity index (χ1n) is 7.11. The van der Waals surface area contributed by atoms with Crippen LogP contribution in [0.15, 0.2) is 0 Å². The summed E-state index contributed by atoms with van der Waals surface area (Å²) in [5.74, 6) is 0. The summed E-state index contributed by atoms with van der Waals surface area (Å²) in [5, 5.41) is 3.84. The quantitative estimate of drug-likeness (QED) is 0.700. The molecule has 0 aliphatic heterocycles. The molecule has 2 nitrogen and oxygen atoms in total. The molecule has 1 aliphatic rings. The second-order valence-corrected chi connectivity index (χ2v) is 5.61. The Morgan fingerprint density at radius 2 is 1.56 bits per heavy atom. The van der Waals surface area contributed by atoms with Crippen LogP contribution < -0.4 is 11.1 Å². The van der Waals surface area contributed by atoms with E-state index in [-0.39, 0.29) is 0 Å². The SMILES string of the molecule is CCC(CC)(CC)NCC1(CN)CCCC1. The van der Waals surface area contributed by atoms with E-state index < -0.39 is 0 Å². The van der Waals surface area contributed by atoms with Crippen molar-refractivity contribution in [2.24, 2.45) is 11.1 Å². The van der Waals surface area contributed by atoms with Gasteiger partial charge in [0, 0.05) is 12.1 Å². The van der Waals surface area contributed by atoms with Crippen LogP contribution >= 0.6 is 0 Å². The lowest BCUT2D eigenvalue weighted by atomic mass is 9.83. The molecule has 0 radical (unpaired) electrons. The van der Waals surface area contributed by atoms with Crippen LogP contribution in [0.3, 0.4) is 0 Å². The molecule has 1 fully saturated rings. The number of hydrogen-bond donors (Lipinski definition) is 2. The highest BCUT2D eigenvalue weighted by atomic mass is 15.0. The van der Waals surface area contributed by atoms with Crippen molar-refractivity contribution in [3.8, 4) is 0 Å². The first kappa shape index (κ1) is 14.0. The number of hydrogen-bond acceptors (Lipinski definition) is 2. The lowest BCUT2D eigenvalue weighted by Gasteiger charge is -2.37. The number of nitrogens with one attached hydrogen (secondary N) is 1. The fourth-order valence-corrected chi connectivity index (χ4v) is 3.08. The van der Waals surface area contributed by atoms with Crippen molar-refractivity contribution >= 4 is 0 Å². The van der Waals surface area contributed by atoms with Crippen LogP contribution in [0, 0.1) is 5.41 Å². The van der Waals surface area contributed by atoms with Crippen molar-refractivity contribution in [1.29, 1.82) is 0 Å². The monoisotopic (exact) mass is 226 g/mol. The zero-order valence-corrected chi connectivity index (χ0v) is 11.4. The highest BCUT2D eigenvalue weighted by molar-refractivity contribution is 4.92. The van der Waals surface area contributed by atoms with Crippen LogP contribution in [0.2, 0.25) is 0 Å². The van der Waals surface area contributed by atoms with Gasteiger partial charge in [0.2, 0.25) is 0 Å². The number of nitrogens with two attached hydrogens (primary N) is 1. The minimum Gasteiger partial charge on any atom is -0.330 e. The van der Waals surface area contributed by atoms with E-state index in [1.54, 1.807) is 0 Å². The summed E-state index contributed by atoms with van der Waals surface area (Å²) in [6.45, 7) is 8.86. The maximum Gasteiger partial charge on any atom is 0.0173 e. The van der Waals surface area contributed by atoms with Crippen molar-refractivity contribution in [2.75, 3.05) is 13.1 Å². The molecule has 1 aliphatic carbocycles. The standard InChI is InChI=1S/C14H30N2/c1-4-14(5-2,6-3)16-12-13(11-15)9-7-8-10-13/h16H,4-12,15H2,1-3H3. The second-order valence-electron chi connectivity index (χ2n) is 5.61. The Bertz CT molecular complexity index is 174. The Hall–Kier alpha value is -0.0800. The maximum atomic E-state index is 5.98. The smallest absolute Gasteiger partial charge is 0.0173 e. The Kier molecular flexibility index (Phi) is 5.26. The van der Waals surface area contributed by atoms with Gasteiger partial charge in [-0.25, -0.2) is 0 Å². The van der Waals surface area contributed by atoms with Crippen LogP contribution in [0.5, 0.6) is 0 Å². The Morgan fingerprint density at radius 1 is 1.06 bits per heavy atom. The lowest BCUT2D eigenvalue weighted by Crippen LogP contribution is -2.50. The van der Waals surface area contributed by atoms with Gasteiger partial charge in [0.25, 0.3) is 0 Å². The van der Waals surface area contributed by atoms with Gasteiger partial charge >= 0.3 is 0 Å². The molecule has 0 amide bonds. The maximum absolute atomic E-state index is 5.98. The highest BCUT2D eigenvalue weighted by Crippen LogP contribution is 2.37. The zero-order chi connectivity index (χ0) is 12.1. The second kappa shape index (κ2) is 6.02. The molecule has 0 aromatic heterocycles. The third-order valence-corrected chi connectivity index (χ3v) is 4.97. The highest BCUT2D eigenvalue weighted by Gasteiger charge is 2.34. The lowest BCUT2D eigenvalue weighted by molar-refractivity contribution is 0.212. The molecular weight excluding hydrogens is 196 g/mol. The molecule has 0 heterocycles. The largest absolute Gasteiger partial charge is 0.330 e. The first-order chi connectivity index (χ1) is 7.66. The molecule has 3 N–H and O–H groups in total. The molecule has 0 atom stereocenters. The zero-order valence-electron chi connectivity index (χ0n) is 11.4. The van der Waals surface area contributed by atoms with E-state index in [2.05, 4.69) is 26.1 Å². The molecular formula is C14H30N2. The van der Waals surface area contributed by atoms with E-state index in [9.17, 15) is 0 Å². The first-order valence-corrected chi connectivity index (χ1v) is 7.11. The molecule has 1 saturated carbocycles. The minimum atomic E-state index is 0.352. The molecule has 0 saturated heterocycles. The molecule has 0 aromatic carbocycles. The molecule has 0 bridgehead atoms. The summed E-state index contributed by atoms with van der Waals surface area (Å²) >= 11 is 0. The van der Waals surface area contributed by atoms with Gasteiger partial charge in [-0.3, -0.25) is 0 Å². The van der Waals surface area contributed by atoms with Crippen molar-refractivity contribution in [3.63, 3.8) is 0 Å². The van der Waals surface area contributed by atoms with Crippen molar-refractivity contribution < 1.29 is 0 Å². The van der Waals surface area contributed by atoms with Crippen molar-refractivity contribution in [3.05, 3.63) is 0 Å². The van der Waals surface area contributed by atoms with Gasteiger partial charge in [-0.2, -0.15) is 0 Å². The van der Waals surface area contributed by atoms with Gasteiger partial charge < -0.3 is 11.1 Å². The fraction of sp³-hybridized carbons (Fsp3) is 1.00. The van der Waals surface area contributed by atoms with Crippen LogP contribution in [0.4, 0.5) is 0 Å². The van der Waals surface area contributed by atoms with Gasteiger partial charge in [-0.1, -0.05) is 33.6 Å². The van der Waals surface area contributed by atoms with Crippen LogP contribution in [0.25, 0.3) is 0 Å². The van der Waals surface area contributed by atoms with Crippen LogP contribution in [-0.4, -0.2) is 18.6 Å². The summed E-state index contributed by atoms with van der Waals surface area (Å²) in [6, 6.07) is 0.